The topological polar surface area (TPSA) is 117 Å². The van der Waals surface area contributed by atoms with Crippen LogP contribution < -0.4 is 20.9 Å². The summed E-state index contributed by atoms with van der Waals surface area (Å²) in [6.07, 6.45) is 3.81. The molecule has 0 unspecified atom stereocenters. The van der Waals surface area contributed by atoms with E-state index in [9.17, 15) is 18.0 Å². The van der Waals surface area contributed by atoms with Gasteiger partial charge >= 0.3 is 5.69 Å². The lowest BCUT2D eigenvalue weighted by atomic mass is 10.0. The van der Waals surface area contributed by atoms with Gasteiger partial charge in [-0.3, -0.25) is 19.1 Å². The van der Waals surface area contributed by atoms with Crippen molar-refractivity contribution in [3.63, 3.8) is 0 Å². The van der Waals surface area contributed by atoms with Crippen LogP contribution in [0, 0.1) is 5.92 Å². The molecule has 1 fully saturated rings. The molecule has 3 heterocycles. The second kappa shape index (κ2) is 7.60. The molecule has 1 aliphatic heterocycles. The molecule has 0 bridgehead atoms. The normalized spacial score (nSPS) is 17.3. The van der Waals surface area contributed by atoms with Crippen molar-refractivity contribution in [2.24, 2.45) is 13.0 Å². The molecular weight excluding hydrogens is 406 g/mol. The molecule has 2 aromatic heterocycles. The Morgan fingerprint density at radius 1 is 1.20 bits per heavy atom. The minimum absolute atomic E-state index is 0.0759. The van der Waals surface area contributed by atoms with Gasteiger partial charge in [-0.2, -0.15) is 0 Å². The van der Waals surface area contributed by atoms with Crippen LogP contribution in [0.15, 0.2) is 51.0 Å². The summed E-state index contributed by atoms with van der Waals surface area (Å²) < 4.78 is 29.4. The average Bonchev–Trinajstić information content (AvgIpc) is 2.72. The Kier molecular flexibility index (Phi) is 5.10. The first-order valence-corrected chi connectivity index (χ1v) is 11.2. The quantitative estimate of drug-likeness (QED) is 0.651. The van der Waals surface area contributed by atoms with Crippen LogP contribution in [-0.4, -0.2) is 36.0 Å². The number of nitrogens with one attached hydrogen (secondary N) is 2. The van der Waals surface area contributed by atoms with Gasteiger partial charge in [-0.25, -0.2) is 18.2 Å². The van der Waals surface area contributed by atoms with Crippen molar-refractivity contribution < 1.29 is 8.42 Å². The van der Waals surface area contributed by atoms with Gasteiger partial charge in [-0.05, 0) is 49.1 Å². The fourth-order valence-electron chi connectivity index (χ4n) is 3.76. The SMILES string of the molecule is C[C@@H]1CCCN(c2ccc(NS(=O)(=O)c3ccc4c(c3)c(=O)[nH]c(=O)n4C)cn2)C1. The lowest BCUT2D eigenvalue weighted by molar-refractivity contribution is 0.444. The number of aromatic amines is 1. The molecular formula is C20H23N5O4S. The maximum Gasteiger partial charge on any atom is 0.328 e. The van der Waals surface area contributed by atoms with Crippen molar-refractivity contribution in [1.29, 1.82) is 0 Å². The van der Waals surface area contributed by atoms with E-state index in [0.717, 1.165) is 25.3 Å². The average molecular weight is 430 g/mol. The van der Waals surface area contributed by atoms with Gasteiger partial charge < -0.3 is 4.90 Å². The number of H-pyrrole nitrogens is 1. The van der Waals surface area contributed by atoms with Gasteiger partial charge in [-0.15, -0.1) is 0 Å². The van der Waals surface area contributed by atoms with Gasteiger partial charge in [0.05, 0.1) is 27.7 Å². The van der Waals surface area contributed by atoms with E-state index in [1.54, 1.807) is 12.1 Å². The molecule has 1 aromatic carbocycles. The molecule has 4 rings (SSSR count). The summed E-state index contributed by atoms with van der Waals surface area (Å²) in [6, 6.07) is 7.54. The second-order valence-electron chi connectivity index (χ2n) is 7.70. The van der Waals surface area contributed by atoms with Gasteiger partial charge in [0.25, 0.3) is 15.6 Å². The summed E-state index contributed by atoms with van der Waals surface area (Å²) in [7, 11) is -2.43. The molecule has 3 aromatic rings. The molecule has 10 heteroatoms. The van der Waals surface area contributed by atoms with Crippen LogP contribution >= 0.6 is 0 Å². The van der Waals surface area contributed by atoms with Gasteiger partial charge in [0, 0.05) is 20.1 Å². The maximum absolute atomic E-state index is 12.8. The third kappa shape index (κ3) is 3.82. The third-order valence-corrected chi connectivity index (χ3v) is 6.77. The van der Waals surface area contributed by atoms with E-state index >= 15 is 0 Å². The Bertz CT molecular complexity index is 1310. The second-order valence-corrected chi connectivity index (χ2v) is 9.38. The predicted molar refractivity (Wildman–Crippen MR) is 115 cm³/mol. The highest BCUT2D eigenvalue weighted by Gasteiger charge is 2.19. The fraction of sp³-hybridized carbons (Fsp3) is 0.350. The Morgan fingerprint density at radius 3 is 2.70 bits per heavy atom. The summed E-state index contributed by atoms with van der Waals surface area (Å²) in [4.78, 5) is 32.5. The zero-order chi connectivity index (χ0) is 21.5. The number of sulfonamides is 1. The molecule has 0 saturated carbocycles. The van der Waals surface area contributed by atoms with Crippen molar-refractivity contribution in [1.82, 2.24) is 14.5 Å². The van der Waals surface area contributed by atoms with E-state index in [0.29, 0.717) is 17.1 Å². The molecule has 1 aliphatic rings. The number of benzene rings is 1. The summed E-state index contributed by atoms with van der Waals surface area (Å²) >= 11 is 0. The van der Waals surface area contributed by atoms with Gasteiger partial charge in [0.15, 0.2) is 0 Å². The number of nitrogens with zero attached hydrogens (tertiary/aromatic N) is 3. The van der Waals surface area contributed by atoms with Crippen LogP contribution in [0.25, 0.3) is 10.9 Å². The number of rotatable bonds is 4. The van der Waals surface area contributed by atoms with Crippen LogP contribution in [0.5, 0.6) is 0 Å². The summed E-state index contributed by atoms with van der Waals surface area (Å²) in [5.41, 5.74) is -0.509. The minimum atomic E-state index is -3.93. The number of hydrogen-bond acceptors (Lipinski definition) is 6. The molecule has 2 N–H and O–H groups in total. The van der Waals surface area contributed by atoms with Crippen molar-refractivity contribution in [3.05, 3.63) is 57.4 Å². The smallest absolute Gasteiger partial charge is 0.328 e. The van der Waals surface area contributed by atoms with Crippen LogP contribution in [-0.2, 0) is 17.1 Å². The predicted octanol–water partition coefficient (Wildman–Crippen LogP) is 1.66. The zero-order valence-electron chi connectivity index (χ0n) is 16.8. The van der Waals surface area contributed by atoms with Crippen molar-refractivity contribution in [3.8, 4) is 0 Å². The first kappa shape index (κ1) is 20.1. The molecule has 0 radical (unpaired) electrons. The zero-order valence-corrected chi connectivity index (χ0v) is 17.6. The minimum Gasteiger partial charge on any atom is -0.356 e. The molecule has 0 amide bonds. The fourth-order valence-corrected chi connectivity index (χ4v) is 4.83. The molecule has 0 spiro atoms. The van der Waals surface area contributed by atoms with Crippen LogP contribution in [0.2, 0.25) is 0 Å². The number of anilines is 2. The lowest BCUT2D eigenvalue weighted by Crippen LogP contribution is -2.34. The van der Waals surface area contributed by atoms with Crippen molar-refractivity contribution in [2.75, 3.05) is 22.7 Å². The van der Waals surface area contributed by atoms with Gasteiger partial charge in [-0.1, -0.05) is 6.92 Å². The van der Waals surface area contributed by atoms with E-state index in [4.69, 9.17) is 0 Å². The maximum atomic E-state index is 12.8. The van der Waals surface area contributed by atoms with Crippen LogP contribution in [0.3, 0.4) is 0 Å². The number of pyridine rings is 1. The van der Waals surface area contributed by atoms with E-state index in [1.165, 1.54) is 42.4 Å². The molecule has 0 aliphatic carbocycles. The van der Waals surface area contributed by atoms with E-state index < -0.39 is 21.3 Å². The Labute approximate surface area is 173 Å². The highest BCUT2D eigenvalue weighted by atomic mass is 32.2. The summed E-state index contributed by atoms with van der Waals surface area (Å²) in [6.45, 7) is 4.09. The first-order valence-electron chi connectivity index (χ1n) is 9.71. The first-order chi connectivity index (χ1) is 14.2. The van der Waals surface area contributed by atoms with E-state index in [-0.39, 0.29) is 10.3 Å². The van der Waals surface area contributed by atoms with Crippen LogP contribution in [0.4, 0.5) is 11.5 Å². The molecule has 1 saturated heterocycles. The molecule has 30 heavy (non-hydrogen) atoms. The Hall–Kier alpha value is -3.14. The van der Waals surface area contributed by atoms with Crippen molar-refractivity contribution in [2.45, 2.75) is 24.7 Å². The number of aromatic nitrogens is 3. The Morgan fingerprint density at radius 2 is 2.00 bits per heavy atom. The monoisotopic (exact) mass is 429 g/mol. The summed E-state index contributed by atoms with van der Waals surface area (Å²) in [5.74, 6) is 1.43. The van der Waals surface area contributed by atoms with Crippen LogP contribution in [0.1, 0.15) is 19.8 Å². The van der Waals surface area contributed by atoms with Gasteiger partial charge in [0.1, 0.15) is 5.82 Å². The molecule has 1 atom stereocenters. The molecule has 9 nitrogen and oxygen atoms in total. The number of fused-ring (bicyclic) bond motifs is 1. The third-order valence-electron chi connectivity index (χ3n) is 5.39. The molecule has 158 valence electrons. The van der Waals surface area contributed by atoms with Gasteiger partial charge in [0.2, 0.25) is 0 Å². The standard InChI is InChI=1S/C20H23N5O4S/c1-13-4-3-9-25(12-13)18-8-5-14(11-21-18)23-30(28,29)15-6-7-17-16(10-15)19(26)22-20(27)24(17)2/h5-8,10-11,13,23H,3-4,9,12H2,1-2H3,(H,22,26,27)/t13-/m1/s1. The number of piperidine rings is 1. The highest BCUT2D eigenvalue weighted by molar-refractivity contribution is 7.92. The highest BCUT2D eigenvalue weighted by Crippen LogP contribution is 2.23. The van der Waals surface area contributed by atoms with E-state index in [2.05, 4.69) is 26.5 Å². The largest absolute Gasteiger partial charge is 0.356 e. The summed E-state index contributed by atoms with van der Waals surface area (Å²) in [5, 5.41) is 0.118. The Balaban J connectivity index is 1.60. The number of aryl methyl sites for hydroxylation is 1. The lowest BCUT2D eigenvalue weighted by Gasteiger charge is -2.31. The van der Waals surface area contributed by atoms with E-state index in [1.807, 2.05) is 0 Å². The van der Waals surface area contributed by atoms with Crippen molar-refractivity contribution >= 4 is 32.4 Å². The number of hydrogen-bond donors (Lipinski definition) is 2.